The summed E-state index contributed by atoms with van der Waals surface area (Å²) in [4.78, 5) is 17.0. The van der Waals surface area contributed by atoms with E-state index >= 15 is 0 Å². The minimum atomic E-state index is -0.626. The molecular weight excluding hydrogens is 470 g/mol. The highest BCUT2D eigenvalue weighted by Gasteiger charge is 2.25. The first-order valence-electron chi connectivity index (χ1n) is 11.8. The molecule has 0 saturated carbocycles. The van der Waals surface area contributed by atoms with Gasteiger partial charge in [0.05, 0.1) is 12.7 Å². The molecule has 4 nitrogen and oxygen atoms in total. The van der Waals surface area contributed by atoms with E-state index in [-0.39, 0.29) is 18.1 Å². The standard InChI is InChI=1S/C28H29ClF2N2O2/c1-2-20-6-8-22(9-7-20)28(34)33-16-14-32(15-17-33)18-27(21-10-12-23(29)13-11-21)35-19-24-25(30)4-3-5-26(24)31/h3-13,27H,2,14-19H2,1H3/t27-/m0/s1. The van der Waals surface area contributed by atoms with Crippen molar-refractivity contribution in [3.05, 3.63) is 106 Å². The molecule has 1 fully saturated rings. The van der Waals surface area contributed by atoms with Crippen molar-refractivity contribution in [3.63, 3.8) is 0 Å². The summed E-state index contributed by atoms with van der Waals surface area (Å²) in [6.45, 7) is 5.00. The van der Waals surface area contributed by atoms with E-state index in [0.717, 1.165) is 12.0 Å². The molecule has 0 spiro atoms. The lowest BCUT2D eigenvalue weighted by Gasteiger charge is -2.36. The van der Waals surface area contributed by atoms with Crippen LogP contribution in [0.2, 0.25) is 5.02 Å². The molecule has 1 heterocycles. The summed E-state index contributed by atoms with van der Waals surface area (Å²) < 4.78 is 34.3. The molecule has 0 bridgehead atoms. The lowest BCUT2D eigenvalue weighted by molar-refractivity contribution is 0.00145. The molecule has 35 heavy (non-hydrogen) atoms. The highest BCUT2D eigenvalue weighted by atomic mass is 35.5. The number of aryl methyl sites for hydroxylation is 1. The Hall–Kier alpha value is -2.80. The van der Waals surface area contributed by atoms with Gasteiger partial charge in [-0.3, -0.25) is 9.69 Å². The second-order valence-electron chi connectivity index (χ2n) is 8.69. The van der Waals surface area contributed by atoms with Crippen molar-refractivity contribution >= 4 is 17.5 Å². The predicted molar refractivity (Wildman–Crippen MR) is 134 cm³/mol. The Labute approximate surface area is 210 Å². The number of ether oxygens (including phenoxy) is 1. The van der Waals surface area contributed by atoms with E-state index in [2.05, 4.69) is 11.8 Å². The van der Waals surface area contributed by atoms with Gasteiger partial charge in [0.2, 0.25) is 0 Å². The summed E-state index contributed by atoms with van der Waals surface area (Å²) in [5, 5.41) is 0.603. The molecule has 7 heteroatoms. The topological polar surface area (TPSA) is 32.8 Å². The van der Waals surface area contributed by atoms with Gasteiger partial charge < -0.3 is 9.64 Å². The van der Waals surface area contributed by atoms with Gasteiger partial charge in [0, 0.05) is 48.9 Å². The van der Waals surface area contributed by atoms with Crippen molar-refractivity contribution in [1.82, 2.24) is 9.80 Å². The molecule has 3 aromatic carbocycles. The first-order valence-corrected chi connectivity index (χ1v) is 12.2. The van der Waals surface area contributed by atoms with Gasteiger partial charge >= 0.3 is 0 Å². The molecular formula is C28H29ClF2N2O2. The Bertz CT molecular complexity index is 1110. The first kappa shape index (κ1) is 25.3. The van der Waals surface area contributed by atoms with Crippen molar-refractivity contribution in [2.75, 3.05) is 32.7 Å². The van der Waals surface area contributed by atoms with E-state index in [0.29, 0.717) is 43.3 Å². The summed E-state index contributed by atoms with van der Waals surface area (Å²) >= 11 is 6.05. The first-order chi connectivity index (χ1) is 16.9. The average molecular weight is 499 g/mol. The maximum absolute atomic E-state index is 14.1. The van der Waals surface area contributed by atoms with Gasteiger partial charge in [0.15, 0.2) is 0 Å². The van der Waals surface area contributed by atoms with Crippen molar-refractivity contribution in [2.45, 2.75) is 26.1 Å². The van der Waals surface area contributed by atoms with Gasteiger partial charge in [-0.05, 0) is 53.9 Å². The number of nitrogens with zero attached hydrogens (tertiary/aromatic N) is 2. The minimum Gasteiger partial charge on any atom is -0.367 e. The number of halogens is 3. The van der Waals surface area contributed by atoms with Crippen LogP contribution < -0.4 is 0 Å². The van der Waals surface area contributed by atoms with Crippen LogP contribution in [0.1, 0.15) is 40.1 Å². The third-order valence-corrected chi connectivity index (χ3v) is 6.68. The molecule has 184 valence electrons. The SMILES string of the molecule is CCc1ccc(C(=O)N2CCN(C[C@H](OCc3c(F)cccc3F)c3ccc(Cl)cc3)CC2)cc1. The second-order valence-corrected chi connectivity index (χ2v) is 9.13. The fourth-order valence-electron chi connectivity index (χ4n) is 4.22. The van der Waals surface area contributed by atoms with Crippen LogP contribution in [-0.4, -0.2) is 48.4 Å². The van der Waals surface area contributed by atoms with Crippen molar-refractivity contribution in [3.8, 4) is 0 Å². The zero-order valence-corrected chi connectivity index (χ0v) is 20.5. The maximum atomic E-state index is 14.1. The lowest BCUT2D eigenvalue weighted by atomic mass is 10.1. The number of hydrogen-bond acceptors (Lipinski definition) is 3. The monoisotopic (exact) mass is 498 g/mol. The fourth-order valence-corrected chi connectivity index (χ4v) is 4.35. The van der Waals surface area contributed by atoms with Gasteiger partial charge in [-0.1, -0.05) is 48.9 Å². The van der Waals surface area contributed by atoms with Crippen LogP contribution in [0.5, 0.6) is 0 Å². The zero-order valence-electron chi connectivity index (χ0n) is 19.7. The molecule has 0 aliphatic carbocycles. The Morgan fingerprint density at radius 3 is 2.17 bits per heavy atom. The quantitative estimate of drug-likeness (QED) is 0.388. The summed E-state index contributed by atoms with van der Waals surface area (Å²) in [6.07, 6.45) is 0.531. The number of hydrogen-bond donors (Lipinski definition) is 0. The molecule has 4 rings (SSSR count). The van der Waals surface area contributed by atoms with Crippen molar-refractivity contribution < 1.29 is 18.3 Å². The van der Waals surface area contributed by atoms with E-state index in [1.54, 1.807) is 12.1 Å². The smallest absolute Gasteiger partial charge is 0.253 e. The van der Waals surface area contributed by atoms with E-state index in [9.17, 15) is 13.6 Å². The molecule has 0 unspecified atom stereocenters. The van der Waals surface area contributed by atoms with Crippen LogP contribution in [0.25, 0.3) is 0 Å². The summed E-state index contributed by atoms with van der Waals surface area (Å²) in [5.74, 6) is -1.22. The minimum absolute atomic E-state index is 0.0350. The van der Waals surface area contributed by atoms with E-state index in [1.807, 2.05) is 41.3 Å². The van der Waals surface area contributed by atoms with Gasteiger partial charge in [-0.25, -0.2) is 8.78 Å². The molecule has 0 radical (unpaired) electrons. The highest BCUT2D eigenvalue weighted by molar-refractivity contribution is 6.30. The van der Waals surface area contributed by atoms with Crippen molar-refractivity contribution in [2.24, 2.45) is 0 Å². The molecule has 0 aromatic heterocycles. The Morgan fingerprint density at radius 2 is 1.57 bits per heavy atom. The molecule has 1 aliphatic heterocycles. The van der Waals surface area contributed by atoms with Crippen LogP contribution in [0.4, 0.5) is 8.78 Å². The number of rotatable bonds is 8. The largest absolute Gasteiger partial charge is 0.367 e. The number of amides is 1. The summed E-state index contributed by atoms with van der Waals surface area (Å²) in [5.41, 5.74) is 2.69. The maximum Gasteiger partial charge on any atom is 0.253 e. The fraction of sp³-hybridized carbons (Fsp3) is 0.321. The third-order valence-electron chi connectivity index (χ3n) is 6.42. The molecule has 1 amide bonds. The average Bonchev–Trinajstić information content (AvgIpc) is 2.88. The third kappa shape index (κ3) is 6.45. The van der Waals surface area contributed by atoms with Crippen LogP contribution in [0.3, 0.4) is 0 Å². The Balaban J connectivity index is 1.40. The number of benzene rings is 3. The Kier molecular flexibility index (Phi) is 8.50. The molecule has 1 saturated heterocycles. The predicted octanol–water partition coefficient (Wildman–Crippen LogP) is 5.90. The van der Waals surface area contributed by atoms with Gasteiger partial charge in [-0.2, -0.15) is 0 Å². The van der Waals surface area contributed by atoms with Crippen LogP contribution in [-0.2, 0) is 17.8 Å². The molecule has 0 N–H and O–H groups in total. The zero-order chi connectivity index (χ0) is 24.8. The summed E-state index contributed by atoms with van der Waals surface area (Å²) in [7, 11) is 0. The van der Waals surface area contributed by atoms with Gasteiger partial charge in [-0.15, -0.1) is 0 Å². The van der Waals surface area contributed by atoms with Crippen LogP contribution >= 0.6 is 11.6 Å². The molecule has 1 aliphatic rings. The van der Waals surface area contributed by atoms with Crippen LogP contribution in [0, 0.1) is 11.6 Å². The lowest BCUT2D eigenvalue weighted by Crippen LogP contribution is -2.49. The highest BCUT2D eigenvalue weighted by Crippen LogP contribution is 2.25. The van der Waals surface area contributed by atoms with Crippen molar-refractivity contribution in [1.29, 1.82) is 0 Å². The van der Waals surface area contributed by atoms with Gasteiger partial charge in [0.25, 0.3) is 5.91 Å². The normalized spacial score (nSPS) is 15.3. The van der Waals surface area contributed by atoms with Gasteiger partial charge in [0.1, 0.15) is 11.6 Å². The van der Waals surface area contributed by atoms with Crippen LogP contribution in [0.15, 0.2) is 66.7 Å². The number of piperazine rings is 1. The number of carbonyl (C=O) groups is 1. The van der Waals surface area contributed by atoms with E-state index < -0.39 is 17.7 Å². The van der Waals surface area contributed by atoms with E-state index in [1.165, 1.54) is 23.8 Å². The number of carbonyl (C=O) groups excluding carboxylic acids is 1. The summed E-state index contributed by atoms with van der Waals surface area (Å²) in [6, 6.07) is 18.8. The molecule has 1 atom stereocenters. The Morgan fingerprint density at radius 1 is 0.943 bits per heavy atom. The second kappa shape index (κ2) is 11.8. The molecule has 3 aromatic rings. The van der Waals surface area contributed by atoms with E-state index in [4.69, 9.17) is 16.3 Å².